The van der Waals surface area contributed by atoms with Crippen molar-refractivity contribution in [2.45, 2.75) is 37.4 Å². The molecule has 0 aliphatic carbocycles. The van der Waals surface area contributed by atoms with E-state index in [1.54, 1.807) is 36.4 Å². The molecule has 0 bridgehead atoms. The van der Waals surface area contributed by atoms with Gasteiger partial charge in [0.05, 0.1) is 27.6 Å². The number of carbonyl (C=O) groups is 1. The highest BCUT2D eigenvalue weighted by Crippen LogP contribution is 2.37. The van der Waals surface area contributed by atoms with Gasteiger partial charge in [0.25, 0.3) is 0 Å². The number of aryl methyl sites for hydroxylation is 1. The van der Waals surface area contributed by atoms with Crippen LogP contribution in [0.5, 0.6) is 0 Å². The highest BCUT2D eigenvalue weighted by molar-refractivity contribution is 7.89. The summed E-state index contributed by atoms with van der Waals surface area (Å²) in [5, 5.41) is 2.91. The minimum Gasteiger partial charge on any atom is -0.324 e. The third-order valence-corrected chi connectivity index (χ3v) is 9.37. The van der Waals surface area contributed by atoms with E-state index in [1.165, 1.54) is 4.31 Å². The number of nitrogens with one attached hydrogen (secondary N) is 1. The van der Waals surface area contributed by atoms with Crippen molar-refractivity contribution in [1.82, 2.24) is 4.31 Å². The van der Waals surface area contributed by atoms with Crippen LogP contribution in [-0.2, 0) is 40.4 Å². The van der Waals surface area contributed by atoms with Crippen molar-refractivity contribution >= 4 is 33.2 Å². The molecule has 1 aliphatic heterocycles. The van der Waals surface area contributed by atoms with Gasteiger partial charge in [-0.05, 0) is 59.9 Å². The van der Waals surface area contributed by atoms with Gasteiger partial charge in [-0.15, -0.1) is 0 Å². The second kappa shape index (κ2) is 11.5. The summed E-state index contributed by atoms with van der Waals surface area (Å²) in [6.45, 7) is 2.13. The molecule has 0 spiro atoms. The van der Waals surface area contributed by atoms with Crippen LogP contribution in [-0.4, -0.2) is 25.2 Å². The number of nitrogens with zero attached hydrogens (tertiary/aromatic N) is 1. The van der Waals surface area contributed by atoms with Crippen LogP contribution in [0.4, 0.5) is 23.2 Å². The molecule has 0 saturated heterocycles. The minimum atomic E-state index is -4.84. The van der Waals surface area contributed by atoms with Crippen molar-refractivity contribution in [3.05, 3.63) is 118 Å². The maximum atomic E-state index is 14.0. The van der Waals surface area contributed by atoms with Gasteiger partial charge in [0.2, 0.25) is 15.9 Å². The molecule has 42 heavy (non-hydrogen) atoms. The molecule has 11 heteroatoms. The molecular weight excluding hydrogens is 592 g/mol. The molecule has 1 amide bonds. The highest BCUT2D eigenvalue weighted by Gasteiger charge is 2.34. The lowest BCUT2D eigenvalue weighted by molar-refractivity contribution is -0.140. The SMILES string of the molecule is Cc1ccc(-c2ccccc2S(=O)(=O)N2CCc3c(ccc(Cl)c3NC(=O)Cc3ccc(C(F)(F)F)c(F)c3)C2)cc1. The fourth-order valence-electron chi connectivity index (χ4n) is 5.01. The van der Waals surface area contributed by atoms with Crippen LogP contribution in [0, 0.1) is 12.7 Å². The van der Waals surface area contributed by atoms with Crippen LogP contribution < -0.4 is 5.32 Å². The van der Waals surface area contributed by atoms with Gasteiger partial charge in [-0.25, -0.2) is 12.8 Å². The van der Waals surface area contributed by atoms with Crippen molar-refractivity contribution in [2.75, 3.05) is 11.9 Å². The first-order valence-corrected chi connectivity index (χ1v) is 14.8. The maximum Gasteiger partial charge on any atom is 0.419 e. The van der Waals surface area contributed by atoms with E-state index in [-0.39, 0.29) is 41.4 Å². The van der Waals surface area contributed by atoms with E-state index in [2.05, 4.69) is 5.32 Å². The first-order chi connectivity index (χ1) is 19.8. The third-order valence-electron chi connectivity index (χ3n) is 7.15. The predicted molar refractivity (Wildman–Crippen MR) is 153 cm³/mol. The lowest BCUT2D eigenvalue weighted by Gasteiger charge is -2.30. The van der Waals surface area contributed by atoms with Gasteiger partial charge in [-0.1, -0.05) is 71.8 Å². The summed E-state index contributed by atoms with van der Waals surface area (Å²) in [7, 11) is -3.90. The van der Waals surface area contributed by atoms with Gasteiger partial charge in [0, 0.05) is 18.7 Å². The molecule has 5 rings (SSSR count). The second-order valence-corrected chi connectivity index (χ2v) is 12.4. The number of sulfonamides is 1. The summed E-state index contributed by atoms with van der Waals surface area (Å²) < 4.78 is 81.6. The molecule has 0 aromatic heterocycles. The minimum absolute atomic E-state index is 0.0457. The third kappa shape index (κ3) is 6.06. The molecule has 0 fully saturated rings. The fourth-order valence-corrected chi connectivity index (χ4v) is 6.87. The van der Waals surface area contributed by atoms with E-state index in [1.807, 2.05) is 31.2 Å². The molecule has 0 atom stereocenters. The molecule has 0 unspecified atom stereocenters. The van der Waals surface area contributed by atoms with Crippen LogP contribution in [0.2, 0.25) is 5.02 Å². The first-order valence-electron chi connectivity index (χ1n) is 13.0. The second-order valence-electron chi connectivity index (χ2n) is 10.0. The Morgan fingerprint density at radius 2 is 1.71 bits per heavy atom. The lowest BCUT2D eigenvalue weighted by atomic mass is 9.98. The molecule has 1 aliphatic rings. The Balaban J connectivity index is 1.37. The first kappa shape index (κ1) is 29.8. The van der Waals surface area contributed by atoms with Gasteiger partial charge in [-0.3, -0.25) is 4.79 Å². The summed E-state index contributed by atoms with van der Waals surface area (Å²) >= 11 is 6.39. The Kier molecular flexibility index (Phi) is 8.15. The van der Waals surface area contributed by atoms with E-state index in [9.17, 15) is 30.8 Å². The van der Waals surface area contributed by atoms with Gasteiger partial charge in [-0.2, -0.15) is 17.5 Å². The smallest absolute Gasteiger partial charge is 0.324 e. The molecule has 0 radical (unpaired) electrons. The number of anilines is 1. The van der Waals surface area contributed by atoms with E-state index in [0.29, 0.717) is 34.5 Å². The number of hydrogen-bond donors (Lipinski definition) is 1. The number of carbonyl (C=O) groups excluding carboxylic acids is 1. The lowest BCUT2D eigenvalue weighted by Crippen LogP contribution is -2.36. The summed E-state index contributed by atoms with van der Waals surface area (Å²) in [6.07, 6.45) is -4.97. The Labute approximate surface area is 245 Å². The molecule has 0 saturated carbocycles. The number of benzene rings is 4. The van der Waals surface area contributed by atoms with Crippen molar-refractivity contribution in [3.8, 4) is 11.1 Å². The summed E-state index contributed by atoms with van der Waals surface area (Å²) in [6, 6.07) is 20.0. The normalized spacial score (nSPS) is 14.0. The quantitative estimate of drug-likeness (QED) is 0.230. The van der Waals surface area contributed by atoms with E-state index in [0.717, 1.165) is 17.2 Å². The molecule has 1 heterocycles. The standard InChI is InChI=1S/C31H25ClF4N2O3S/c1-19-6-9-21(10-7-19)23-4-2-3-5-28(23)42(40,41)38-15-14-24-22(18-38)11-13-26(32)30(24)37-29(39)17-20-8-12-25(27(33)16-20)31(34,35)36/h2-13,16H,14-15,17-18H2,1H3,(H,37,39). The number of amides is 1. The number of fused-ring (bicyclic) bond motifs is 1. The largest absolute Gasteiger partial charge is 0.419 e. The molecule has 1 N–H and O–H groups in total. The van der Waals surface area contributed by atoms with Crippen LogP contribution in [0.3, 0.4) is 0 Å². The van der Waals surface area contributed by atoms with Gasteiger partial charge < -0.3 is 5.32 Å². The molecule has 218 valence electrons. The van der Waals surface area contributed by atoms with Crippen molar-refractivity contribution in [3.63, 3.8) is 0 Å². The van der Waals surface area contributed by atoms with Gasteiger partial charge >= 0.3 is 6.18 Å². The topological polar surface area (TPSA) is 66.5 Å². The Hall–Kier alpha value is -3.73. The zero-order valence-electron chi connectivity index (χ0n) is 22.3. The Bertz CT molecular complexity index is 1770. The fraction of sp³-hybridized carbons (Fsp3) is 0.194. The van der Waals surface area contributed by atoms with Crippen LogP contribution >= 0.6 is 11.6 Å². The van der Waals surface area contributed by atoms with Crippen molar-refractivity contribution in [1.29, 1.82) is 0 Å². The van der Waals surface area contributed by atoms with Crippen LogP contribution in [0.1, 0.15) is 27.8 Å². The molecule has 4 aromatic rings. The molecule has 4 aromatic carbocycles. The molecular formula is C31H25ClF4N2O3S. The number of halogens is 5. The summed E-state index contributed by atoms with van der Waals surface area (Å²) in [5.74, 6) is -2.07. The monoisotopic (exact) mass is 616 g/mol. The van der Waals surface area contributed by atoms with Crippen molar-refractivity contribution < 1.29 is 30.8 Å². The number of rotatable bonds is 6. The van der Waals surface area contributed by atoms with Crippen LogP contribution in [0.25, 0.3) is 11.1 Å². The molecule has 5 nitrogen and oxygen atoms in total. The zero-order valence-corrected chi connectivity index (χ0v) is 23.9. The van der Waals surface area contributed by atoms with E-state index < -0.39 is 33.5 Å². The number of alkyl halides is 3. The van der Waals surface area contributed by atoms with Gasteiger partial charge in [0.1, 0.15) is 5.82 Å². The number of hydrogen-bond acceptors (Lipinski definition) is 3. The van der Waals surface area contributed by atoms with Crippen molar-refractivity contribution in [2.24, 2.45) is 0 Å². The zero-order chi connectivity index (χ0) is 30.2. The summed E-state index contributed by atoms with van der Waals surface area (Å²) in [5.41, 5.74) is 2.68. The van der Waals surface area contributed by atoms with Gasteiger partial charge in [0.15, 0.2) is 0 Å². The Morgan fingerprint density at radius 3 is 2.40 bits per heavy atom. The average molecular weight is 617 g/mol. The van der Waals surface area contributed by atoms with E-state index in [4.69, 9.17) is 11.6 Å². The average Bonchev–Trinajstić information content (AvgIpc) is 2.94. The summed E-state index contributed by atoms with van der Waals surface area (Å²) in [4.78, 5) is 13.0. The maximum absolute atomic E-state index is 14.0. The van der Waals surface area contributed by atoms with Crippen LogP contribution in [0.15, 0.2) is 83.8 Å². The van der Waals surface area contributed by atoms with E-state index >= 15 is 0 Å². The Morgan fingerprint density at radius 1 is 1.00 bits per heavy atom. The predicted octanol–water partition coefficient (Wildman–Crippen LogP) is 7.40. The highest BCUT2D eigenvalue weighted by atomic mass is 35.5.